The molecule has 0 atom stereocenters. The Morgan fingerprint density at radius 3 is 2.55 bits per heavy atom. The lowest BCUT2D eigenvalue weighted by Gasteiger charge is -2.00. The highest BCUT2D eigenvalue weighted by Gasteiger charge is 2.09. The number of aliphatic imine (C=N–C) groups is 1. The Morgan fingerprint density at radius 2 is 2.09 bits per heavy atom. The first-order valence-electron chi connectivity index (χ1n) is 4.46. The van der Waals surface area contributed by atoms with E-state index in [9.17, 15) is 0 Å². The second kappa shape index (κ2) is 3.70. The largest absolute Gasteiger partial charge is 0.263 e. The first-order chi connectivity index (χ1) is 5.24. The maximum atomic E-state index is 4.42. The van der Waals surface area contributed by atoms with Gasteiger partial charge in [-0.05, 0) is 32.3 Å². The van der Waals surface area contributed by atoms with Crippen LogP contribution < -0.4 is 0 Å². The molecule has 1 nitrogen and oxygen atoms in total. The van der Waals surface area contributed by atoms with Crippen LogP contribution in [0.25, 0.3) is 0 Å². The van der Waals surface area contributed by atoms with Crippen LogP contribution in [0, 0.1) is 0 Å². The van der Waals surface area contributed by atoms with E-state index in [1.165, 1.54) is 30.7 Å². The smallest absolute Gasteiger partial charge is 0.0367 e. The molecule has 0 spiro atoms. The zero-order valence-corrected chi connectivity index (χ0v) is 7.78. The average Bonchev–Trinajstić information content (AvgIpc) is 2.26. The van der Waals surface area contributed by atoms with Crippen molar-refractivity contribution in [2.75, 3.05) is 0 Å². The van der Waals surface area contributed by atoms with Gasteiger partial charge in [-0.1, -0.05) is 13.3 Å². The lowest BCUT2D eigenvalue weighted by Crippen LogP contribution is -1.87. The van der Waals surface area contributed by atoms with Crippen molar-refractivity contribution < 1.29 is 0 Å². The van der Waals surface area contributed by atoms with Gasteiger partial charge in [-0.3, -0.25) is 4.99 Å². The van der Waals surface area contributed by atoms with Crippen LogP contribution in [0.15, 0.2) is 16.3 Å². The number of nitrogens with zero attached hydrogens (tertiary/aromatic N) is 1. The molecule has 0 aromatic carbocycles. The van der Waals surface area contributed by atoms with Crippen LogP contribution in [0.2, 0.25) is 0 Å². The summed E-state index contributed by atoms with van der Waals surface area (Å²) in [4.78, 5) is 4.42. The third-order valence-electron chi connectivity index (χ3n) is 2.17. The van der Waals surface area contributed by atoms with Gasteiger partial charge in [0.05, 0.1) is 0 Å². The maximum absolute atomic E-state index is 4.42. The zero-order chi connectivity index (χ0) is 8.27. The van der Waals surface area contributed by atoms with Crippen LogP contribution in [0.1, 0.15) is 46.5 Å². The Bertz CT molecular complexity index is 199. The van der Waals surface area contributed by atoms with E-state index >= 15 is 0 Å². The standard InChI is InChI=1S/C10H17N/c1-4-5-6-10-7-8(2)11-9(10)3/h4-7H2,1-3H3. The SMILES string of the molecule is CCCCC1=C(C)N=C(C)C1. The highest BCUT2D eigenvalue weighted by atomic mass is 14.8. The molecule has 62 valence electrons. The van der Waals surface area contributed by atoms with E-state index in [2.05, 4.69) is 25.8 Å². The maximum Gasteiger partial charge on any atom is 0.0367 e. The molecule has 11 heavy (non-hydrogen) atoms. The first-order valence-corrected chi connectivity index (χ1v) is 4.46. The molecule has 0 saturated carbocycles. The van der Waals surface area contributed by atoms with E-state index < -0.39 is 0 Å². The molecule has 0 aliphatic carbocycles. The van der Waals surface area contributed by atoms with E-state index in [-0.39, 0.29) is 0 Å². The quantitative estimate of drug-likeness (QED) is 0.586. The fraction of sp³-hybridized carbons (Fsp3) is 0.700. The number of hydrogen-bond acceptors (Lipinski definition) is 1. The van der Waals surface area contributed by atoms with Gasteiger partial charge in [0.2, 0.25) is 0 Å². The molecule has 0 bridgehead atoms. The summed E-state index contributed by atoms with van der Waals surface area (Å²) in [5, 5.41) is 0. The van der Waals surface area contributed by atoms with Gasteiger partial charge in [-0.15, -0.1) is 0 Å². The molecule has 0 fully saturated rings. The van der Waals surface area contributed by atoms with Crippen molar-refractivity contribution in [2.24, 2.45) is 4.99 Å². The summed E-state index contributed by atoms with van der Waals surface area (Å²) in [6.07, 6.45) is 4.99. The van der Waals surface area contributed by atoms with Gasteiger partial charge < -0.3 is 0 Å². The summed E-state index contributed by atoms with van der Waals surface area (Å²) in [5.74, 6) is 0. The van der Waals surface area contributed by atoms with Crippen LogP contribution in [0.5, 0.6) is 0 Å². The minimum Gasteiger partial charge on any atom is -0.263 e. The summed E-state index contributed by atoms with van der Waals surface area (Å²) in [6, 6.07) is 0. The van der Waals surface area contributed by atoms with E-state index in [0.29, 0.717) is 0 Å². The fourth-order valence-electron chi connectivity index (χ4n) is 1.50. The molecule has 1 aliphatic rings. The molecule has 0 unspecified atom stereocenters. The van der Waals surface area contributed by atoms with Crippen molar-refractivity contribution in [3.8, 4) is 0 Å². The number of allylic oxidation sites excluding steroid dienone is 2. The Morgan fingerprint density at radius 1 is 1.36 bits per heavy atom. The van der Waals surface area contributed by atoms with Gasteiger partial charge in [-0.2, -0.15) is 0 Å². The molecule has 0 aromatic heterocycles. The Kier molecular flexibility index (Phi) is 2.86. The number of rotatable bonds is 3. The predicted molar refractivity (Wildman–Crippen MR) is 50.0 cm³/mol. The third-order valence-corrected chi connectivity index (χ3v) is 2.17. The molecule has 1 rings (SSSR count). The average molecular weight is 151 g/mol. The van der Waals surface area contributed by atoms with Crippen LogP contribution in [-0.2, 0) is 0 Å². The van der Waals surface area contributed by atoms with Crippen molar-refractivity contribution >= 4 is 5.71 Å². The van der Waals surface area contributed by atoms with E-state index in [1.54, 1.807) is 5.57 Å². The summed E-state index contributed by atoms with van der Waals surface area (Å²) in [7, 11) is 0. The van der Waals surface area contributed by atoms with Crippen LogP contribution in [0.4, 0.5) is 0 Å². The molecule has 1 aliphatic heterocycles. The lowest BCUT2D eigenvalue weighted by molar-refractivity contribution is 0.776. The molecular weight excluding hydrogens is 134 g/mol. The van der Waals surface area contributed by atoms with Crippen LogP contribution >= 0.6 is 0 Å². The predicted octanol–water partition coefficient (Wildman–Crippen LogP) is 3.32. The third kappa shape index (κ3) is 2.18. The summed E-state index contributed by atoms with van der Waals surface area (Å²) < 4.78 is 0. The molecule has 1 heterocycles. The summed E-state index contributed by atoms with van der Waals surface area (Å²) in [5.41, 5.74) is 4.12. The molecule has 0 N–H and O–H groups in total. The first kappa shape index (κ1) is 8.51. The van der Waals surface area contributed by atoms with Gasteiger partial charge in [0.15, 0.2) is 0 Å². The Balaban J connectivity index is 2.44. The lowest BCUT2D eigenvalue weighted by atomic mass is 10.0. The molecule has 0 amide bonds. The van der Waals surface area contributed by atoms with Crippen molar-refractivity contribution in [1.29, 1.82) is 0 Å². The summed E-state index contributed by atoms with van der Waals surface area (Å²) in [6.45, 7) is 6.47. The van der Waals surface area contributed by atoms with Crippen molar-refractivity contribution in [3.05, 3.63) is 11.3 Å². The van der Waals surface area contributed by atoms with Gasteiger partial charge >= 0.3 is 0 Å². The highest BCUT2D eigenvalue weighted by Crippen LogP contribution is 2.23. The van der Waals surface area contributed by atoms with Gasteiger partial charge in [0.1, 0.15) is 0 Å². The molecule has 0 aromatic rings. The minimum atomic E-state index is 1.13. The normalized spacial score (nSPS) is 17.5. The second-order valence-corrected chi connectivity index (χ2v) is 3.32. The van der Waals surface area contributed by atoms with E-state index in [1.807, 2.05) is 0 Å². The molecule has 0 saturated heterocycles. The van der Waals surface area contributed by atoms with E-state index in [4.69, 9.17) is 0 Å². The molecule has 1 heteroatoms. The summed E-state index contributed by atoms with van der Waals surface area (Å²) >= 11 is 0. The van der Waals surface area contributed by atoms with Crippen molar-refractivity contribution in [3.63, 3.8) is 0 Å². The van der Waals surface area contributed by atoms with Crippen molar-refractivity contribution in [1.82, 2.24) is 0 Å². The van der Waals surface area contributed by atoms with Gasteiger partial charge in [0.25, 0.3) is 0 Å². The minimum absolute atomic E-state index is 1.13. The number of hydrogen-bond donors (Lipinski definition) is 0. The zero-order valence-electron chi connectivity index (χ0n) is 7.78. The topological polar surface area (TPSA) is 12.4 Å². The Hall–Kier alpha value is -0.590. The highest BCUT2D eigenvalue weighted by molar-refractivity contribution is 5.87. The number of unbranched alkanes of at least 4 members (excludes halogenated alkanes) is 1. The van der Waals surface area contributed by atoms with Crippen molar-refractivity contribution in [2.45, 2.75) is 46.5 Å². The van der Waals surface area contributed by atoms with Crippen LogP contribution in [0.3, 0.4) is 0 Å². The second-order valence-electron chi connectivity index (χ2n) is 3.32. The van der Waals surface area contributed by atoms with E-state index in [0.717, 1.165) is 6.42 Å². The van der Waals surface area contributed by atoms with Gasteiger partial charge in [-0.25, -0.2) is 0 Å². The fourth-order valence-corrected chi connectivity index (χ4v) is 1.50. The Labute approximate surface area is 69.2 Å². The molecule has 0 radical (unpaired) electrons. The molecular formula is C10H17N. The van der Waals surface area contributed by atoms with Crippen LogP contribution in [-0.4, -0.2) is 5.71 Å². The monoisotopic (exact) mass is 151 g/mol. The van der Waals surface area contributed by atoms with Gasteiger partial charge in [0, 0.05) is 17.8 Å².